The Morgan fingerprint density at radius 1 is 0.893 bits per heavy atom. The van der Waals surface area contributed by atoms with Crippen molar-refractivity contribution < 1.29 is 19.2 Å². The summed E-state index contributed by atoms with van der Waals surface area (Å²) >= 11 is 0. The number of amides is 3. The lowest BCUT2D eigenvalue weighted by molar-refractivity contribution is -0.129. The minimum Gasteiger partial charge on any atom is -0.348 e. The molecule has 2 aromatic carbocycles. The van der Waals surface area contributed by atoms with Crippen LogP contribution in [0.2, 0.25) is 0 Å². The monoisotopic (exact) mass is 381 g/mol. The van der Waals surface area contributed by atoms with Crippen molar-refractivity contribution >= 4 is 24.0 Å². The van der Waals surface area contributed by atoms with Gasteiger partial charge in [-0.3, -0.25) is 14.4 Å². The largest absolute Gasteiger partial charge is 0.348 e. The number of nitrogens with one attached hydrogen (secondary N) is 3. The third-order valence-electron chi connectivity index (χ3n) is 4.05. The second kappa shape index (κ2) is 10.6. The lowest BCUT2D eigenvalue weighted by Gasteiger charge is -2.21. The van der Waals surface area contributed by atoms with Crippen LogP contribution in [-0.2, 0) is 20.8 Å². The van der Waals surface area contributed by atoms with Gasteiger partial charge in [0.1, 0.15) is 18.4 Å². The zero-order valence-electron chi connectivity index (χ0n) is 15.6. The van der Waals surface area contributed by atoms with Crippen molar-refractivity contribution in [3.05, 3.63) is 71.8 Å². The molecule has 2 atom stereocenters. The number of carbonyl (C=O) groups is 4. The van der Waals surface area contributed by atoms with Gasteiger partial charge in [-0.05, 0) is 24.6 Å². The van der Waals surface area contributed by atoms with Gasteiger partial charge in [0.25, 0.3) is 5.91 Å². The van der Waals surface area contributed by atoms with Crippen LogP contribution in [0.1, 0.15) is 22.8 Å². The molecule has 2 aromatic rings. The first-order chi connectivity index (χ1) is 13.5. The van der Waals surface area contributed by atoms with Crippen LogP contribution >= 0.6 is 0 Å². The summed E-state index contributed by atoms with van der Waals surface area (Å²) in [5.74, 6) is -1.34. The smallest absolute Gasteiger partial charge is 0.251 e. The fourth-order valence-corrected chi connectivity index (χ4v) is 2.57. The van der Waals surface area contributed by atoms with Crippen LogP contribution in [0.3, 0.4) is 0 Å². The van der Waals surface area contributed by atoms with Crippen LogP contribution in [0.25, 0.3) is 0 Å². The minimum atomic E-state index is -0.864. The zero-order valence-corrected chi connectivity index (χ0v) is 15.6. The van der Waals surface area contributed by atoms with Crippen LogP contribution < -0.4 is 16.0 Å². The van der Waals surface area contributed by atoms with E-state index in [1.54, 1.807) is 30.3 Å². The Morgan fingerprint density at radius 3 is 2.11 bits per heavy atom. The molecule has 7 nitrogen and oxygen atoms in total. The Kier molecular flexibility index (Phi) is 7.90. The van der Waals surface area contributed by atoms with E-state index in [-0.39, 0.29) is 18.9 Å². The molecule has 0 unspecified atom stereocenters. The highest BCUT2D eigenvalue weighted by atomic mass is 16.2. The maximum Gasteiger partial charge on any atom is 0.251 e. The van der Waals surface area contributed by atoms with Crippen LogP contribution in [0.15, 0.2) is 60.7 Å². The fourth-order valence-electron chi connectivity index (χ4n) is 2.57. The van der Waals surface area contributed by atoms with Gasteiger partial charge in [0, 0.05) is 12.0 Å². The second-order valence-electron chi connectivity index (χ2n) is 6.22. The van der Waals surface area contributed by atoms with Crippen LogP contribution in [0, 0.1) is 0 Å². The zero-order chi connectivity index (χ0) is 20.4. The quantitative estimate of drug-likeness (QED) is 0.560. The molecule has 2 rings (SSSR count). The third-order valence-corrected chi connectivity index (χ3v) is 4.05. The number of hydrogen-bond donors (Lipinski definition) is 3. The molecule has 28 heavy (non-hydrogen) atoms. The third kappa shape index (κ3) is 6.35. The molecule has 0 heterocycles. The summed E-state index contributed by atoms with van der Waals surface area (Å²) in [6.07, 6.45) is 0.832. The highest BCUT2D eigenvalue weighted by Crippen LogP contribution is 2.06. The molecule has 0 saturated heterocycles. The maximum absolute atomic E-state index is 12.7. The predicted molar refractivity (Wildman–Crippen MR) is 105 cm³/mol. The van der Waals surface area contributed by atoms with Gasteiger partial charge < -0.3 is 20.7 Å². The Balaban J connectivity index is 2.10. The number of aldehydes is 1. The molecule has 0 bridgehead atoms. The van der Waals surface area contributed by atoms with E-state index < -0.39 is 23.9 Å². The molecule has 3 amide bonds. The Bertz CT molecular complexity index is 809. The van der Waals surface area contributed by atoms with E-state index >= 15 is 0 Å². The number of hydrogen-bond acceptors (Lipinski definition) is 4. The fraction of sp³-hybridized carbons (Fsp3) is 0.238. The average Bonchev–Trinajstić information content (AvgIpc) is 2.72. The molecule has 0 aromatic heterocycles. The normalized spacial score (nSPS) is 12.3. The van der Waals surface area contributed by atoms with Crippen molar-refractivity contribution in [2.75, 3.05) is 6.54 Å². The number of rotatable bonds is 9. The summed E-state index contributed by atoms with van der Waals surface area (Å²) in [6.45, 7) is 1.38. The summed E-state index contributed by atoms with van der Waals surface area (Å²) in [6, 6.07) is 16.1. The first-order valence-electron chi connectivity index (χ1n) is 8.93. The number of carbonyl (C=O) groups excluding carboxylic acids is 4. The van der Waals surface area contributed by atoms with Crippen LogP contribution in [0.4, 0.5) is 0 Å². The van der Waals surface area contributed by atoms with Gasteiger partial charge in [0.15, 0.2) is 0 Å². The van der Waals surface area contributed by atoms with Crippen molar-refractivity contribution in [2.45, 2.75) is 25.4 Å². The van der Waals surface area contributed by atoms with Crippen molar-refractivity contribution in [2.24, 2.45) is 0 Å². The van der Waals surface area contributed by atoms with E-state index in [4.69, 9.17) is 0 Å². The Labute approximate surface area is 163 Å². The molecular formula is C21H23N3O4. The molecule has 0 radical (unpaired) electrons. The van der Waals surface area contributed by atoms with E-state index in [1.807, 2.05) is 30.3 Å². The lowest BCUT2D eigenvalue weighted by atomic mass is 10.0. The molecule has 0 spiro atoms. The Morgan fingerprint density at radius 2 is 1.50 bits per heavy atom. The van der Waals surface area contributed by atoms with Crippen molar-refractivity contribution in [1.29, 1.82) is 0 Å². The Hall–Kier alpha value is -3.48. The van der Waals surface area contributed by atoms with Gasteiger partial charge >= 0.3 is 0 Å². The molecule has 7 heteroatoms. The van der Waals surface area contributed by atoms with Gasteiger partial charge in [0.2, 0.25) is 11.8 Å². The molecule has 3 N–H and O–H groups in total. The molecule has 146 valence electrons. The molecule has 0 aliphatic heterocycles. The molecule has 0 fully saturated rings. The summed E-state index contributed by atoms with van der Waals surface area (Å²) in [5.41, 5.74) is 1.30. The SMILES string of the molecule is C[C@H](NC(=O)[C@H](Cc1ccccc1)NC(=O)c1ccccc1)C(=O)NCC=O. The summed E-state index contributed by atoms with van der Waals surface area (Å²) in [4.78, 5) is 47.5. The van der Waals surface area contributed by atoms with Gasteiger partial charge in [-0.1, -0.05) is 48.5 Å². The highest BCUT2D eigenvalue weighted by molar-refractivity contribution is 5.98. The lowest BCUT2D eigenvalue weighted by Crippen LogP contribution is -2.53. The van der Waals surface area contributed by atoms with Gasteiger partial charge in [0.05, 0.1) is 6.54 Å². The summed E-state index contributed by atoms with van der Waals surface area (Å²) in [7, 11) is 0. The molecular weight excluding hydrogens is 358 g/mol. The van der Waals surface area contributed by atoms with Crippen LogP contribution in [-0.4, -0.2) is 42.6 Å². The average molecular weight is 381 g/mol. The van der Waals surface area contributed by atoms with Crippen molar-refractivity contribution in [3.63, 3.8) is 0 Å². The van der Waals surface area contributed by atoms with E-state index in [2.05, 4.69) is 16.0 Å². The maximum atomic E-state index is 12.7. The molecule has 0 aliphatic carbocycles. The van der Waals surface area contributed by atoms with Gasteiger partial charge in [-0.2, -0.15) is 0 Å². The van der Waals surface area contributed by atoms with E-state index in [1.165, 1.54) is 6.92 Å². The van der Waals surface area contributed by atoms with Gasteiger partial charge in [-0.15, -0.1) is 0 Å². The van der Waals surface area contributed by atoms with Gasteiger partial charge in [-0.25, -0.2) is 0 Å². The second-order valence-corrected chi connectivity index (χ2v) is 6.22. The first kappa shape index (κ1) is 20.8. The minimum absolute atomic E-state index is 0.128. The van der Waals surface area contributed by atoms with E-state index in [0.717, 1.165) is 5.56 Å². The highest BCUT2D eigenvalue weighted by Gasteiger charge is 2.25. The molecule has 0 saturated carbocycles. The standard InChI is InChI=1S/C21H23N3O4/c1-15(19(26)22-12-13-25)23-21(28)18(14-16-8-4-2-5-9-16)24-20(27)17-10-6-3-7-11-17/h2-11,13,15,18H,12,14H2,1H3,(H,22,26)(H,23,28)(H,24,27)/t15-,18-/m0/s1. The molecule has 0 aliphatic rings. The van der Waals surface area contributed by atoms with Crippen molar-refractivity contribution in [1.82, 2.24) is 16.0 Å². The first-order valence-corrected chi connectivity index (χ1v) is 8.93. The summed E-state index contributed by atoms with van der Waals surface area (Å²) < 4.78 is 0. The van der Waals surface area contributed by atoms with E-state index in [0.29, 0.717) is 11.8 Å². The topological polar surface area (TPSA) is 104 Å². The van der Waals surface area contributed by atoms with Crippen LogP contribution in [0.5, 0.6) is 0 Å². The van der Waals surface area contributed by atoms with Crippen molar-refractivity contribution in [3.8, 4) is 0 Å². The predicted octanol–water partition coefficient (Wildman–Crippen LogP) is 0.847. The van der Waals surface area contributed by atoms with E-state index in [9.17, 15) is 19.2 Å². The summed E-state index contributed by atoms with van der Waals surface area (Å²) in [5, 5.41) is 7.70. The number of benzene rings is 2.